The lowest BCUT2D eigenvalue weighted by Crippen LogP contribution is -2.23. The number of H-pyrrole nitrogens is 1. The van der Waals surface area contributed by atoms with Crippen molar-refractivity contribution in [2.75, 3.05) is 39.1 Å². The Kier molecular flexibility index (Phi) is 11.3. The number of fused-ring (bicyclic) bond motifs is 1. The second-order valence-electron chi connectivity index (χ2n) is 7.54. The standard InChI is InChI=1S/C22H24ClN7.3ClH/c1-29(2)7-4-8-30(3)19-6-5-15(12-26-19)21-20(16-10-24-14-25-11-16)18-9-17(23)13-27-22(18)28-21;;;/h5-6,9-14H,4,7-8H2,1-3H3,(H,27,28);3*1H. The first-order valence-corrected chi connectivity index (χ1v) is 10.2. The number of aromatic nitrogens is 5. The SMILES string of the molecule is CN(C)CCCN(C)c1ccc(-c2[nH]c3ncc(Cl)cc3c2-c2cncnc2)cn1.Cl.Cl.Cl. The molecule has 0 amide bonds. The summed E-state index contributed by atoms with van der Waals surface area (Å²) in [6.45, 7) is 2.00. The normalized spacial score (nSPS) is 10.3. The molecule has 0 aliphatic rings. The highest BCUT2D eigenvalue weighted by atomic mass is 35.5. The smallest absolute Gasteiger partial charge is 0.138 e. The van der Waals surface area contributed by atoms with E-state index < -0.39 is 0 Å². The molecule has 0 saturated carbocycles. The topological polar surface area (TPSA) is 73.8 Å². The van der Waals surface area contributed by atoms with Crippen LogP contribution in [0.25, 0.3) is 33.4 Å². The van der Waals surface area contributed by atoms with Gasteiger partial charge in [0.25, 0.3) is 0 Å². The molecule has 7 nitrogen and oxygen atoms in total. The first-order valence-electron chi connectivity index (χ1n) is 9.78. The second-order valence-corrected chi connectivity index (χ2v) is 7.97. The van der Waals surface area contributed by atoms with Crippen molar-refractivity contribution in [2.24, 2.45) is 0 Å². The second kappa shape index (κ2) is 12.9. The van der Waals surface area contributed by atoms with Crippen molar-refractivity contribution in [3.8, 4) is 22.4 Å². The van der Waals surface area contributed by atoms with E-state index >= 15 is 0 Å². The van der Waals surface area contributed by atoms with Crippen LogP contribution in [0, 0.1) is 0 Å². The minimum absolute atomic E-state index is 0. The third kappa shape index (κ3) is 6.68. The minimum atomic E-state index is 0. The maximum atomic E-state index is 6.22. The fraction of sp³-hybridized carbons (Fsp3) is 0.273. The van der Waals surface area contributed by atoms with Crippen molar-refractivity contribution in [3.05, 3.63) is 54.3 Å². The van der Waals surface area contributed by atoms with E-state index in [4.69, 9.17) is 11.6 Å². The predicted molar refractivity (Wildman–Crippen MR) is 144 cm³/mol. The van der Waals surface area contributed by atoms with Gasteiger partial charge in [0.1, 0.15) is 17.8 Å². The lowest BCUT2D eigenvalue weighted by Gasteiger charge is -2.19. The number of anilines is 1. The molecule has 178 valence electrons. The molecule has 1 N–H and O–H groups in total. The van der Waals surface area contributed by atoms with Gasteiger partial charge in [-0.2, -0.15) is 0 Å². The van der Waals surface area contributed by atoms with E-state index in [0.29, 0.717) is 5.02 Å². The van der Waals surface area contributed by atoms with E-state index in [-0.39, 0.29) is 37.2 Å². The van der Waals surface area contributed by atoms with Crippen molar-refractivity contribution in [3.63, 3.8) is 0 Å². The molecule has 0 aliphatic carbocycles. The molecule has 4 aromatic heterocycles. The number of aromatic amines is 1. The summed E-state index contributed by atoms with van der Waals surface area (Å²) in [4.78, 5) is 25.3. The molecule has 0 bridgehead atoms. The van der Waals surface area contributed by atoms with Gasteiger partial charge in [-0.05, 0) is 45.3 Å². The maximum Gasteiger partial charge on any atom is 0.138 e. The van der Waals surface area contributed by atoms with Gasteiger partial charge in [0.15, 0.2) is 0 Å². The minimum Gasteiger partial charge on any atom is -0.360 e. The summed E-state index contributed by atoms with van der Waals surface area (Å²) in [7, 11) is 6.24. The Morgan fingerprint density at radius 2 is 1.61 bits per heavy atom. The third-order valence-electron chi connectivity index (χ3n) is 4.99. The molecule has 0 unspecified atom stereocenters. The summed E-state index contributed by atoms with van der Waals surface area (Å²) in [6, 6.07) is 6.03. The van der Waals surface area contributed by atoms with Gasteiger partial charge >= 0.3 is 0 Å². The summed E-state index contributed by atoms with van der Waals surface area (Å²) in [5, 5.41) is 1.51. The highest BCUT2D eigenvalue weighted by Gasteiger charge is 2.17. The monoisotopic (exact) mass is 529 g/mol. The zero-order valence-electron chi connectivity index (χ0n) is 18.5. The predicted octanol–water partition coefficient (Wildman–Crippen LogP) is 5.39. The van der Waals surface area contributed by atoms with E-state index in [1.807, 2.05) is 18.3 Å². The molecule has 4 rings (SSSR count). The molecule has 0 radical (unpaired) electrons. The van der Waals surface area contributed by atoms with Crippen LogP contribution in [0.5, 0.6) is 0 Å². The average molecular weight is 531 g/mol. The van der Waals surface area contributed by atoms with Crippen LogP contribution in [0.3, 0.4) is 0 Å². The highest BCUT2D eigenvalue weighted by Crippen LogP contribution is 2.38. The van der Waals surface area contributed by atoms with Gasteiger partial charge in [-0.25, -0.2) is 19.9 Å². The van der Waals surface area contributed by atoms with E-state index in [2.05, 4.69) is 61.9 Å². The maximum absolute atomic E-state index is 6.22. The fourth-order valence-electron chi connectivity index (χ4n) is 3.49. The summed E-state index contributed by atoms with van der Waals surface area (Å²) in [6.07, 6.45) is 9.71. The van der Waals surface area contributed by atoms with E-state index in [0.717, 1.165) is 58.7 Å². The van der Waals surface area contributed by atoms with Crippen LogP contribution in [0.1, 0.15) is 6.42 Å². The third-order valence-corrected chi connectivity index (χ3v) is 5.20. The Labute approximate surface area is 217 Å². The Hall–Kier alpha value is -2.16. The Bertz CT molecular complexity index is 1130. The number of pyridine rings is 2. The van der Waals surface area contributed by atoms with E-state index in [1.165, 1.54) is 6.33 Å². The van der Waals surface area contributed by atoms with Gasteiger partial charge in [0.05, 0.1) is 10.7 Å². The number of rotatable bonds is 7. The Balaban J connectivity index is 0.00000181. The Morgan fingerprint density at radius 1 is 0.879 bits per heavy atom. The summed E-state index contributed by atoms with van der Waals surface area (Å²) >= 11 is 6.22. The van der Waals surface area contributed by atoms with Crippen LogP contribution < -0.4 is 4.90 Å². The molecular weight excluding hydrogens is 504 g/mol. The molecule has 0 aliphatic heterocycles. The first-order chi connectivity index (χ1) is 14.5. The van der Waals surface area contributed by atoms with Crippen LogP contribution in [-0.4, -0.2) is 64.1 Å². The van der Waals surface area contributed by atoms with Crippen LogP contribution in [0.4, 0.5) is 5.82 Å². The van der Waals surface area contributed by atoms with Gasteiger partial charge in [-0.1, -0.05) is 11.6 Å². The molecule has 0 fully saturated rings. The fourth-order valence-corrected chi connectivity index (χ4v) is 3.65. The number of hydrogen-bond donors (Lipinski definition) is 1. The molecular formula is C22H27Cl4N7. The van der Waals surface area contributed by atoms with E-state index in [1.54, 1.807) is 18.6 Å². The van der Waals surface area contributed by atoms with E-state index in [9.17, 15) is 0 Å². The summed E-state index contributed by atoms with van der Waals surface area (Å²) in [5.74, 6) is 0.944. The van der Waals surface area contributed by atoms with Crippen molar-refractivity contribution in [2.45, 2.75) is 6.42 Å². The molecule has 0 aromatic carbocycles. The van der Waals surface area contributed by atoms with Crippen LogP contribution in [-0.2, 0) is 0 Å². The van der Waals surface area contributed by atoms with Gasteiger partial charge in [-0.3, -0.25) is 0 Å². The van der Waals surface area contributed by atoms with Gasteiger partial charge < -0.3 is 14.8 Å². The number of nitrogens with one attached hydrogen (secondary N) is 1. The Morgan fingerprint density at radius 3 is 2.24 bits per heavy atom. The highest BCUT2D eigenvalue weighted by molar-refractivity contribution is 6.31. The van der Waals surface area contributed by atoms with Crippen LogP contribution in [0.15, 0.2) is 49.3 Å². The van der Waals surface area contributed by atoms with Crippen molar-refractivity contribution >= 4 is 65.7 Å². The van der Waals surface area contributed by atoms with Crippen molar-refractivity contribution < 1.29 is 0 Å². The molecule has 4 heterocycles. The van der Waals surface area contributed by atoms with Crippen molar-refractivity contribution in [1.82, 2.24) is 29.8 Å². The molecule has 0 saturated heterocycles. The summed E-state index contributed by atoms with van der Waals surface area (Å²) < 4.78 is 0. The number of halogens is 4. The zero-order valence-corrected chi connectivity index (χ0v) is 21.7. The van der Waals surface area contributed by atoms with Gasteiger partial charge in [0.2, 0.25) is 0 Å². The summed E-state index contributed by atoms with van der Waals surface area (Å²) in [5.41, 5.74) is 4.51. The first kappa shape index (κ1) is 28.9. The van der Waals surface area contributed by atoms with Gasteiger partial charge in [0, 0.05) is 60.5 Å². The van der Waals surface area contributed by atoms with Crippen LogP contribution in [0.2, 0.25) is 5.02 Å². The van der Waals surface area contributed by atoms with Crippen LogP contribution >= 0.6 is 48.8 Å². The van der Waals surface area contributed by atoms with Gasteiger partial charge in [-0.15, -0.1) is 37.2 Å². The lowest BCUT2D eigenvalue weighted by molar-refractivity contribution is 0.401. The zero-order chi connectivity index (χ0) is 21.1. The number of nitrogens with zero attached hydrogens (tertiary/aromatic N) is 6. The molecule has 0 spiro atoms. The number of hydrogen-bond acceptors (Lipinski definition) is 6. The lowest BCUT2D eigenvalue weighted by atomic mass is 10.0. The molecule has 33 heavy (non-hydrogen) atoms. The average Bonchev–Trinajstić information content (AvgIpc) is 3.12. The largest absolute Gasteiger partial charge is 0.360 e. The quantitative estimate of drug-likeness (QED) is 0.345. The van der Waals surface area contributed by atoms with Crippen molar-refractivity contribution in [1.29, 1.82) is 0 Å². The molecule has 4 aromatic rings. The molecule has 11 heteroatoms. The molecule has 0 atom stereocenters.